The van der Waals surface area contributed by atoms with E-state index in [9.17, 15) is 4.79 Å². The van der Waals surface area contributed by atoms with Crippen LogP contribution in [0.5, 0.6) is 0 Å². The van der Waals surface area contributed by atoms with Crippen LogP contribution in [0.25, 0.3) is 0 Å². The maximum absolute atomic E-state index is 12.4. The van der Waals surface area contributed by atoms with Crippen LogP contribution in [-0.2, 0) is 18.4 Å². The maximum atomic E-state index is 12.4. The van der Waals surface area contributed by atoms with Crippen LogP contribution in [0.15, 0.2) is 36.9 Å². The predicted octanol–water partition coefficient (Wildman–Crippen LogP) is 1.19. The first kappa shape index (κ1) is 13.5. The number of anilines is 1. The zero-order valence-corrected chi connectivity index (χ0v) is 12.6. The standard InChI is InChI=1S/C16H19N5O/c1-19-10-12(8-18-19)11-20-6-4-14-15(20)7-16(22)21(14)13-3-2-5-17-9-13/h2-3,5,8-10,14-15H,4,6-7,11H2,1H3/t14-,15+/m0/s1. The van der Waals surface area contributed by atoms with E-state index in [-0.39, 0.29) is 11.9 Å². The van der Waals surface area contributed by atoms with Crippen LogP contribution >= 0.6 is 0 Å². The minimum absolute atomic E-state index is 0.207. The Labute approximate surface area is 129 Å². The molecule has 2 aliphatic heterocycles. The van der Waals surface area contributed by atoms with Crippen molar-refractivity contribution < 1.29 is 4.79 Å². The number of amides is 1. The molecule has 6 heteroatoms. The molecule has 0 spiro atoms. The van der Waals surface area contributed by atoms with Gasteiger partial charge in [-0.15, -0.1) is 0 Å². The fourth-order valence-electron chi connectivity index (χ4n) is 3.74. The van der Waals surface area contributed by atoms with Gasteiger partial charge in [0.25, 0.3) is 0 Å². The topological polar surface area (TPSA) is 54.3 Å². The summed E-state index contributed by atoms with van der Waals surface area (Å²) in [5.74, 6) is 0.207. The number of pyridine rings is 1. The second-order valence-corrected chi connectivity index (χ2v) is 6.10. The van der Waals surface area contributed by atoms with E-state index in [0.717, 1.165) is 25.2 Å². The SMILES string of the molecule is Cn1cc(CN2CC[C@H]3[C@H]2CC(=O)N3c2cccnc2)cn1. The van der Waals surface area contributed by atoms with Crippen LogP contribution in [-0.4, -0.2) is 44.2 Å². The molecule has 2 aromatic heterocycles. The Hall–Kier alpha value is -2.21. The Kier molecular flexibility index (Phi) is 3.18. The second-order valence-electron chi connectivity index (χ2n) is 6.10. The summed E-state index contributed by atoms with van der Waals surface area (Å²) in [5, 5.41) is 4.23. The number of aromatic nitrogens is 3. The van der Waals surface area contributed by atoms with Gasteiger partial charge in [0.05, 0.1) is 24.1 Å². The maximum Gasteiger partial charge on any atom is 0.229 e. The van der Waals surface area contributed by atoms with Crippen molar-refractivity contribution >= 4 is 11.6 Å². The molecule has 2 aliphatic rings. The van der Waals surface area contributed by atoms with E-state index in [1.165, 1.54) is 5.56 Å². The van der Waals surface area contributed by atoms with Gasteiger partial charge in [0, 0.05) is 50.6 Å². The zero-order chi connectivity index (χ0) is 15.1. The lowest BCUT2D eigenvalue weighted by Gasteiger charge is -2.25. The number of fused-ring (bicyclic) bond motifs is 1. The van der Waals surface area contributed by atoms with Gasteiger partial charge in [-0.3, -0.25) is 19.4 Å². The van der Waals surface area contributed by atoms with Gasteiger partial charge in [-0.25, -0.2) is 0 Å². The predicted molar refractivity (Wildman–Crippen MR) is 82.2 cm³/mol. The van der Waals surface area contributed by atoms with Crippen LogP contribution in [0.3, 0.4) is 0 Å². The Balaban J connectivity index is 1.54. The lowest BCUT2D eigenvalue weighted by Crippen LogP contribution is -2.37. The van der Waals surface area contributed by atoms with Gasteiger partial charge in [0.2, 0.25) is 5.91 Å². The Morgan fingerprint density at radius 2 is 2.23 bits per heavy atom. The molecule has 0 aliphatic carbocycles. The van der Waals surface area contributed by atoms with Gasteiger partial charge in [-0.2, -0.15) is 5.10 Å². The highest BCUT2D eigenvalue weighted by Gasteiger charge is 2.47. The van der Waals surface area contributed by atoms with E-state index < -0.39 is 0 Å². The van der Waals surface area contributed by atoms with E-state index >= 15 is 0 Å². The third-order valence-electron chi connectivity index (χ3n) is 4.68. The highest BCUT2D eigenvalue weighted by atomic mass is 16.2. The molecule has 0 N–H and O–H groups in total. The van der Waals surface area contributed by atoms with Crippen LogP contribution in [0.4, 0.5) is 5.69 Å². The van der Waals surface area contributed by atoms with Crippen molar-refractivity contribution in [1.82, 2.24) is 19.7 Å². The van der Waals surface area contributed by atoms with Gasteiger partial charge < -0.3 is 4.90 Å². The van der Waals surface area contributed by atoms with Crippen molar-refractivity contribution in [2.75, 3.05) is 11.4 Å². The second kappa shape index (κ2) is 5.21. The van der Waals surface area contributed by atoms with Crippen LogP contribution in [0.1, 0.15) is 18.4 Å². The van der Waals surface area contributed by atoms with E-state index in [1.807, 2.05) is 41.2 Å². The summed E-state index contributed by atoms with van der Waals surface area (Å²) < 4.78 is 1.82. The number of carbonyl (C=O) groups excluding carboxylic acids is 1. The smallest absolute Gasteiger partial charge is 0.229 e. The molecule has 0 unspecified atom stereocenters. The van der Waals surface area contributed by atoms with Crippen molar-refractivity contribution in [2.45, 2.75) is 31.5 Å². The van der Waals surface area contributed by atoms with E-state index in [2.05, 4.69) is 15.0 Å². The molecule has 6 nitrogen and oxygen atoms in total. The summed E-state index contributed by atoms with van der Waals surface area (Å²) in [7, 11) is 1.93. The Morgan fingerprint density at radius 1 is 1.32 bits per heavy atom. The Morgan fingerprint density at radius 3 is 2.95 bits per heavy atom. The number of rotatable bonds is 3. The van der Waals surface area contributed by atoms with Gasteiger partial charge >= 0.3 is 0 Å². The average molecular weight is 297 g/mol. The quantitative estimate of drug-likeness (QED) is 0.854. The number of nitrogens with zero attached hydrogens (tertiary/aromatic N) is 5. The molecule has 22 heavy (non-hydrogen) atoms. The number of hydrogen-bond acceptors (Lipinski definition) is 4. The number of carbonyl (C=O) groups is 1. The third kappa shape index (κ3) is 2.20. The molecule has 2 aromatic rings. The molecule has 2 fully saturated rings. The van der Waals surface area contributed by atoms with Gasteiger partial charge in [-0.1, -0.05) is 0 Å². The van der Waals surface area contributed by atoms with Gasteiger partial charge in [0.15, 0.2) is 0 Å². The number of likely N-dealkylation sites (tertiary alicyclic amines) is 1. The summed E-state index contributed by atoms with van der Waals surface area (Å²) in [6.07, 6.45) is 9.09. The summed E-state index contributed by atoms with van der Waals surface area (Å²) in [6, 6.07) is 4.43. The van der Waals surface area contributed by atoms with E-state index in [0.29, 0.717) is 12.5 Å². The summed E-state index contributed by atoms with van der Waals surface area (Å²) >= 11 is 0. The van der Waals surface area contributed by atoms with Gasteiger partial charge in [0.1, 0.15) is 0 Å². The van der Waals surface area contributed by atoms with Gasteiger partial charge in [-0.05, 0) is 18.6 Å². The van der Waals surface area contributed by atoms with Crippen molar-refractivity contribution in [1.29, 1.82) is 0 Å². The van der Waals surface area contributed by atoms with E-state index in [4.69, 9.17) is 0 Å². The minimum Gasteiger partial charge on any atom is -0.306 e. The fraction of sp³-hybridized carbons (Fsp3) is 0.438. The van der Waals surface area contributed by atoms with Crippen molar-refractivity contribution in [3.8, 4) is 0 Å². The molecular formula is C16H19N5O. The molecule has 0 radical (unpaired) electrons. The molecule has 114 valence electrons. The zero-order valence-electron chi connectivity index (χ0n) is 12.6. The number of aryl methyl sites for hydroxylation is 1. The van der Waals surface area contributed by atoms with E-state index in [1.54, 1.807) is 12.4 Å². The first-order chi connectivity index (χ1) is 10.7. The first-order valence-corrected chi connectivity index (χ1v) is 7.66. The summed E-state index contributed by atoms with van der Waals surface area (Å²) in [5.41, 5.74) is 2.12. The normalized spacial score (nSPS) is 25.0. The molecule has 4 heterocycles. The van der Waals surface area contributed by atoms with Crippen LogP contribution in [0.2, 0.25) is 0 Å². The fourth-order valence-corrected chi connectivity index (χ4v) is 3.74. The largest absolute Gasteiger partial charge is 0.306 e. The van der Waals surface area contributed by atoms with Crippen LogP contribution < -0.4 is 4.90 Å². The van der Waals surface area contributed by atoms with Crippen molar-refractivity contribution in [3.05, 3.63) is 42.5 Å². The lowest BCUT2D eigenvalue weighted by molar-refractivity contribution is -0.117. The highest BCUT2D eigenvalue weighted by molar-refractivity contribution is 5.97. The summed E-state index contributed by atoms with van der Waals surface area (Å²) in [6.45, 7) is 1.89. The monoisotopic (exact) mass is 297 g/mol. The van der Waals surface area contributed by atoms with Crippen LogP contribution in [0, 0.1) is 0 Å². The average Bonchev–Trinajstić information content (AvgIpc) is 3.17. The molecule has 2 saturated heterocycles. The van der Waals surface area contributed by atoms with Crippen molar-refractivity contribution in [3.63, 3.8) is 0 Å². The third-order valence-corrected chi connectivity index (χ3v) is 4.68. The molecule has 0 saturated carbocycles. The Bertz CT molecular complexity index is 683. The molecule has 1 amide bonds. The molecular weight excluding hydrogens is 278 g/mol. The highest BCUT2D eigenvalue weighted by Crippen LogP contribution is 2.36. The van der Waals surface area contributed by atoms with Crippen molar-refractivity contribution in [2.24, 2.45) is 7.05 Å². The molecule has 4 rings (SSSR count). The summed E-state index contributed by atoms with van der Waals surface area (Å²) in [4.78, 5) is 21.0. The minimum atomic E-state index is 0.207. The molecule has 0 aromatic carbocycles. The molecule has 0 bridgehead atoms. The first-order valence-electron chi connectivity index (χ1n) is 7.66. The lowest BCUT2D eigenvalue weighted by atomic mass is 10.1. The molecule has 2 atom stereocenters. The number of hydrogen-bond donors (Lipinski definition) is 0.